The Morgan fingerprint density at radius 2 is 1.65 bits per heavy atom. The molecule has 0 saturated heterocycles. The summed E-state index contributed by atoms with van der Waals surface area (Å²) in [4.78, 5) is 22.7. The van der Waals surface area contributed by atoms with E-state index in [2.05, 4.69) is 0 Å². The molecule has 0 heterocycles. The number of carbonyl (C=O) groups excluding carboxylic acids is 2. The second kappa shape index (κ2) is 5.48. The molecule has 4 nitrogen and oxygen atoms in total. The summed E-state index contributed by atoms with van der Waals surface area (Å²) in [7, 11) is 0. The van der Waals surface area contributed by atoms with Gasteiger partial charge in [-0.2, -0.15) is 0 Å². The molecule has 1 rings (SSSR count). The zero-order valence-corrected chi connectivity index (χ0v) is 10.2. The maximum Gasteiger partial charge on any atom is 0.322 e. The number of rotatable bonds is 3. The second-order valence-corrected chi connectivity index (χ2v) is 4.55. The fourth-order valence-electron chi connectivity index (χ4n) is 1.15. The van der Waals surface area contributed by atoms with Crippen molar-refractivity contribution in [1.29, 1.82) is 0 Å². The van der Waals surface area contributed by atoms with Crippen molar-refractivity contribution < 1.29 is 19.1 Å². The van der Waals surface area contributed by atoms with Gasteiger partial charge in [0.1, 0.15) is 17.8 Å². The molecule has 0 N–H and O–H groups in total. The standard InChI is InChI=1S/C13H16O4/c1-13(2,3)17-12(15)9-11(14)16-10-7-5-4-6-8-10/h4-8H,9H2,1-3H3. The minimum atomic E-state index is -0.620. The SMILES string of the molecule is CC(C)(C)OC(=O)CC(=O)Oc1ccccc1. The van der Waals surface area contributed by atoms with Crippen molar-refractivity contribution in [1.82, 2.24) is 0 Å². The molecule has 0 aliphatic carbocycles. The summed E-state index contributed by atoms with van der Waals surface area (Å²) in [6.45, 7) is 5.23. The van der Waals surface area contributed by atoms with Gasteiger partial charge in [-0.05, 0) is 32.9 Å². The van der Waals surface area contributed by atoms with Crippen LogP contribution in [0.2, 0.25) is 0 Å². The molecule has 1 aromatic rings. The molecule has 17 heavy (non-hydrogen) atoms. The van der Waals surface area contributed by atoms with Gasteiger partial charge in [0.25, 0.3) is 0 Å². The summed E-state index contributed by atoms with van der Waals surface area (Å²) in [5.74, 6) is -0.787. The van der Waals surface area contributed by atoms with Crippen molar-refractivity contribution in [2.45, 2.75) is 32.8 Å². The fraction of sp³-hybridized carbons (Fsp3) is 0.385. The van der Waals surface area contributed by atoms with Crippen LogP contribution in [-0.2, 0) is 14.3 Å². The van der Waals surface area contributed by atoms with Crippen LogP contribution in [0.4, 0.5) is 0 Å². The number of hydrogen-bond acceptors (Lipinski definition) is 4. The third kappa shape index (κ3) is 5.70. The van der Waals surface area contributed by atoms with Gasteiger partial charge in [-0.1, -0.05) is 18.2 Å². The summed E-state index contributed by atoms with van der Waals surface area (Å²) in [6, 6.07) is 8.59. The Morgan fingerprint density at radius 1 is 1.06 bits per heavy atom. The lowest BCUT2D eigenvalue weighted by Crippen LogP contribution is -2.26. The van der Waals surface area contributed by atoms with E-state index in [1.165, 1.54) is 0 Å². The number of benzene rings is 1. The summed E-state index contributed by atoms with van der Waals surface area (Å²) in [6.07, 6.45) is -0.383. The van der Waals surface area contributed by atoms with Crippen molar-refractivity contribution in [3.8, 4) is 5.75 Å². The lowest BCUT2D eigenvalue weighted by molar-refractivity contribution is -0.158. The Labute approximate surface area is 101 Å². The van der Waals surface area contributed by atoms with Crippen LogP contribution in [-0.4, -0.2) is 17.5 Å². The lowest BCUT2D eigenvalue weighted by Gasteiger charge is -2.18. The Morgan fingerprint density at radius 3 is 2.18 bits per heavy atom. The number of hydrogen-bond donors (Lipinski definition) is 0. The van der Waals surface area contributed by atoms with E-state index < -0.39 is 17.5 Å². The first-order valence-electron chi connectivity index (χ1n) is 5.34. The summed E-state index contributed by atoms with van der Waals surface area (Å²) in [5.41, 5.74) is -0.593. The molecule has 0 aliphatic heterocycles. The highest BCUT2D eigenvalue weighted by atomic mass is 16.6. The quantitative estimate of drug-likeness (QED) is 0.459. The van der Waals surface area contributed by atoms with Gasteiger partial charge in [-0.15, -0.1) is 0 Å². The smallest absolute Gasteiger partial charge is 0.322 e. The molecule has 0 aromatic heterocycles. The van der Waals surface area contributed by atoms with E-state index in [1.807, 2.05) is 6.07 Å². The molecule has 0 saturated carbocycles. The van der Waals surface area contributed by atoms with Crippen molar-refractivity contribution in [2.75, 3.05) is 0 Å². The zero-order chi connectivity index (χ0) is 12.9. The van der Waals surface area contributed by atoms with Gasteiger partial charge in [-0.3, -0.25) is 9.59 Å². The molecule has 0 radical (unpaired) electrons. The van der Waals surface area contributed by atoms with Gasteiger partial charge in [-0.25, -0.2) is 0 Å². The third-order valence-electron chi connectivity index (χ3n) is 1.68. The Balaban J connectivity index is 2.43. The van der Waals surface area contributed by atoms with Crippen LogP contribution in [0.15, 0.2) is 30.3 Å². The molecule has 0 atom stereocenters. The molecule has 92 valence electrons. The Hall–Kier alpha value is -1.84. The van der Waals surface area contributed by atoms with E-state index in [0.29, 0.717) is 5.75 Å². The van der Waals surface area contributed by atoms with Crippen molar-refractivity contribution in [3.63, 3.8) is 0 Å². The van der Waals surface area contributed by atoms with Crippen LogP contribution < -0.4 is 4.74 Å². The highest BCUT2D eigenvalue weighted by Gasteiger charge is 2.19. The average Bonchev–Trinajstić information content (AvgIpc) is 2.15. The molecule has 0 aliphatic rings. The van der Waals surface area contributed by atoms with Crippen LogP contribution in [0.5, 0.6) is 5.75 Å². The molecule has 0 amide bonds. The lowest BCUT2D eigenvalue weighted by atomic mass is 10.2. The van der Waals surface area contributed by atoms with E-state index in [4.69, 9.17) is 9.47 Å². The molecule has 0 unspecified atom stereocenters. The van der Waals surface area contributed by atoms with Crippen molar-refractivity contribution in [3.05, 3.63) is 30.3 Å². The molecule has 0 fully saturated rings. The van der Waals surface area contributed by atoms with Gasteiger partial charge < -0.3 is 9.47 Å². The minimum absolute atomic E-state index is 0.383. The monoisotopic (exact) mass is 236 g/mol. The molecule has 0 spiro atoms. The second-order valence-electron chi connectivity index (χ2n) is 4.55. The molecular formula is C13H16O4. The Kier molecular flexibility index (Phi) is 4.26. The summed E-state index contributed by atoms with van der Waals surface area (Å²) >= 11 is 0. The van der Waals surface area contributed by atoms with Gasteiger partial charge in [0.15, 0.2) is 0 Å². The van der Waals surface area contributed by atoms with E-state index in [0.717, 1.165) is 0 Å². The van der Waals surface area contributed by atoms with E-state index >= 15 is 0 Å². The fourth-order valence-corrected chi connectivity index (χ4v) is 1.15. The van der Waals surface area contributed by atoms with Crippen LogP contribution in [0.25, 0.3) is 0 Å². The maximum absolute atomic E-state index is 11.4. The average molecular weight is 236 g/mol. The zero-order valence-electron chi connectivity index (χ0n) is 10.2. The first kappa shape index (κ1) is 13.2. The maximum atomic E-state index is 11.4. The third-order valence-corrected chi connectivity index (χ3v) is 1.68. The van der Waals surface area contributed by atoms with Gasteiger partial charge >= 0.3 is 11.9 Å². The number of para-hydroxylation sites is 1. The van der Waals surface area contributed by atoms with Crippen LogP contribution in [0, 0.1) is 0 Å². The highest BCUT2D eigenvalue weighted by molar-refractivity contribution is 5.92. The number of esters is 2. The van der Waals surface area contributed by atoms with Crippen molar-refractivity contribution >= 4 is 11.9 Å². The van der Waals surface area contributed by atoms with Gasteiger partial charge in [0.05, 0.1) is 0 Å². The highest BCUT2D eigenvalue weighted by Crippen LogP contribution is 2.11. The molecule has 0 bridgehead atoms. The predicted octanol–water partition coefficient (Wildman–Crippen LogP) is 2.32. The summed E-state index contributed by atoms with van der Waals surface area (Å²) < 4.78 is 9.97. The van der Waals surface area contributed by atoms with E-state index in [-0.39, 0.29) is 6.42 Å². The largest absolute Gasteiger partial charge is 0.460 e. The van der Waals surface area contributed by atoms with Crippen molar-refractivity contribution in [2.24, 2.45) is 0 Å². The number of carbonyl (C=O) groups is 2. The molecule has 4 heteroatoms. The van der Waals surface area contributed by atoms with Crippen LogP contribution in [0.1, 0.15) is 27.2 Å². The first-order valence-corrected chi connectivity index (χ1v) is 5.34. The van der Waals surface area contributed by atoms with E-state index in [9.17, 15) is 9.59 Å². The molecular weight excluding hydrogens is 220 g/mol. The van der Waals surface area contributed by atoms with Crippen LogP contribution >= 0.6 is 0 Å². The van der Waals surface area contributed by atoms with Gasteiger partial charge in [0.2, 0.25) is 0 Å². The first-order chi connectivity index (χ1) is 7.87. The minimum Gasteiger partial charge on any atom is -0.460 e. The topological polar surface area (TPSA) is 52.6 Å². The van der Waals surface area contributed by atoms with Crippen LogP contribution in [0.3, 0.4) is 0 Å². The Bertz CT molecular complexity index is 390. The number of ether oxygens (including phenoxy) is 2. The van der Waals surface area contributed by atoms with Gasteiger partial charge in [0, 0.05) is 0 Å². The van der Waals surface area contributed by atoms with E-state index in [1.54, 1.807) is 45.0 Å². The summed E-state index contributed by atoms with van der Waals surface area (Å²) in [5, 5.41) is 0. The normalized spacial score (nSPS) is 10.8. The molecule has 1 aromatic carbocycles. The predicted molar refractivity (Wildman–Crippen MR) is 62.5 cm³/mol.